The quantitative estimate of drug-likeness (QED) is 0.845. The maximum Gasteiger partial charge on any atom is 0.270 e. The minimum atomic E-state index is 0.0378. The number of rotatable bonds is 1. The maximum atomic E-state index is 12.0. The third kappa shape index (κ3) is 2.41. The molecule has 1 aromatic rings. The highest BCUT2D eigenvalue weighted by molar-refractivity contribution is 9.10. The number of nitrogens with one attached hydrogen (secondary N) is 1. The predicted octanol–water partition coefficient (Wildman–Crippen LogP) is 1.64. The summed E-state index contributed by atoms with van der Waals surface area (Å²) < 4.78 is 6.28. The molecule has 1 amide bonds. The summed E-state index contributed by atoms with van der Waals surface area (Å²) in [7, 11) is 0. The van der Waals surface area contributed by atoms with Gasteiger partial charge < -0.3 is 14.6 Å². The molecule has 0 aliphatic carbocycles. The number of hydrogen-bond donors (Lipinski definition) is 1. The van der Waals surface area contributed by atoms with Gasteiger partial charge in [0, 0.05) is 23.8 Å². The van der Waals surface area contributed by atoms with E-state index in [1.165, 1.54) is 0 Å². The lowest BCUT2D eigenvalue weighted by Crippen LogP contribution is -2.44. The third-order valence-corrected chi connectivity index (χ3v) is 2.86. The van der Waals surface area contributed by atoms with E-state index in [0.717, 1.165) is 4.47 Å². The van der Waals surface area contributed by atoms with Crippen LogP contribution in [0.5, 0.6) is 0 Å². The molecule has 1 N–H and O–H groups in total. The second-order valence-electron chi connectivity index (χ2n) is 3.66. The lowest BCUT2D eigenvalue weighted by atomic mass is 10.2. The second-order valence-corrected chi connectivity index (χ2v) is 4.58. The van der Waals surface area contributed by atoms with Crippen molar-refractivity contribution in [1.29, 1.82) is 0 Å². The van der Waals surface area contributed by atoms with Crippen molar-refractivity contribution in [2.24, 2.45) is 0 Å². The molecule has 0 bridgehead atoms. The van der Waals surface area contributed by atoms with Gasteiger partial charge in [0.15, 0.2) is 0 Å². The third-order valence-electron chi connectivity index (χ3n) is 2.41. The number of carbonyl (C=O) groups excluding carboxylic acids is 1. The molecule has 0 spiro atoms. The van der Waals surface area contributed by atoms with Gasteiger partial charge in [-0.25, -0.2) is 0 Å². The van der Waals surface area contributed by atoms with Crippen LogP contribution < -0.4 is 0 Å². The molecule has 15 heavy (non-hydrogen) atoms. The van der Waals surface area contributed by atoms with Crippen molar-refractivity contribution in [1.82, 2.24) is 9.88 Å². The number of amides is 1. The topological polar surface area (TPSA) is 45.3 Å². The van der Waals surface area contributed by atoms with Crippen LogP contribution in [-0.2, 0) is 4.74 Å². The van der Waals surface area contributed by atoms with Gasteiger partial charge in [0.1, 0.15) is 5.69 Å². The first kappa shape index (κ1) is 10.7. The van der Waals surface area contributed by atoms with Crippen molar-refractivity contribution in [3.05, 3.63) is 22.4 Å². The molecule has 2 heterocycles. The van der Waals surface area contributed by atoms with E-state index in [1.54, 1.807) is 12.3 Å². The number of aromatic nitrogens is 1. The molecule has 1 fully saturated rings. The van der Waals surface area contributed by atoms with Crippen molar-refractivity contribution in [2.45, 2.75) is 13.0 Å². The zero-order chi connectivity index (χ0) is 10.8. The van der Waals surface area contributed by atoms with Gasteiger partial charge in [0.2, 0.25) is 0 Å². The number of aromatic amines is 1. The lowest BCUT2D eigenvalue weighted by molar-refractivity contribution is -0.0126. The summed E-state index contributed by atoms with van der Waals surface area (Å²) in [6.45, 7) is 3.92. The van der Waals surface area contributed by atoms with Crippen LogP contribution in [0, 0.1) is 0 Å². The van der Waals surface area contributed by atoms with Gasteiger partial charge in [-0.05, 0) is 28.9 Å². The minimum absolute atomic E-state index is 0.0378. The monoisotopic (exact) mass is 272 g/mol. The number of ether oxygens (including phenoxy) is 1. The standard InChI is InChI=1S/C10H13BrN2O2/c1-7-6-13(2-3-15-7)10(14)9-4-8(11)5-12-9/h4-5,7,12H,2-3,6H2,1H3. The summed E-state index contributed by atoms with van der Waals surface area (Å²) >= 11 is 3.31. The molecule has 4 nitrogen and oxygen atoms in total. The average molecular weight is 273 g/mol. The first-order valence-electron chi connectivity index (χ1n) is 4.91. The predicted molar refractivity (Wildman–Crippen MR) is 59.8 cm³/mol. The molecule has 1 atom stereocenters. The number of nitrogens with zero attached hydrogens (tertiary/aromatic N) is 1. The maximum absolute atomic E-state index is 12.0. The van der Waals surface area contributed by atoms with Crippen molar-refractivity contribution in [3.63, 3.8) is 0 Å². The van der Waals surface area contributed by atoms with Crippen LogP contribution in [0.15, 0.2) is 16.7 Å². The van der Waals surface area contributed by atoms with Gasteiger partial charge in [-0.1, -0.05) is 0 Å². The number of hydrogen-bond acceptors (Lipinski definition) is 2. The summed E-state index contributed by atoms with van der Waals surface area (Å²) in [6.07, 6.45) is 1.89. The zero-order valence-electron chi connectivity index (χ0n) is 8.50. The number of halogens is 1. The fourth-order valence-electron chi connectivity index (χ4n) is 1.66. The number of morpholine rings is 1. The Morgan fingerprint density at radius 2 is 2.53 bits per heavy atom. The van der Waals surface area contributed by atoms with E-state index in [2.05, 4.69) is 20.9 Å². The average Bonchev–Trinajstić information content (AvgIpc) is 2.64. The molecular formula is C10H13BrN2O2. The van der Waals surface area contributed by atoms with Crippen LogP contribution >= 0.6 is 15.9 Å². The number of carbonyl (C=O) groups is 1. The molecule has 1 aliphatic rings. The minimum Gasteiger partial charge on any atom is -0.375 e. The van der Waals surface area contributed by atoms with Crippen molar-refractivity contribution in [2.75, 3.05) is 19.7 Å². The second kappa shape index (κ2) is 4.37. The van der Waals surface area contributed by atoms with Crippen molar-refractivity contribution >= 4 is 21.8 Å². The molecule has 0 saturated carbocycles. The zero-order valence-corrected chi connectivity index (χ0v) is 10.1. The van der Waals surface area contributed by atoms with Gasteiger partial charge in [0.05, 0.1) is 12.7 Å². The van der Waals surface area contributed by atoms with Gasteiger partial charge >= 0.3 is 0 Å². The van der Waals surface area contributed by atoms with E-state index in [-0.39, 0.29) is 12.0 Å². The van der Waals surface area contributed by atoms with E-state index in [1.807, 2.05) is 11.8 Å². The molecule has 5 heteroatoms. The van der Waals surface area contributed by atoms with Crippen LogP contribution in [0.25, 0.3) is 0 Å². The highest BCUT2D eigenvalue weighted by Gasteiger charge is 2.23. The molecule has 82 valence electrons. The van der Waals surface area contributed by atoms with Crippen molar-refractivity contribution < 1.29 is 9.53 Å². The largest absolute Gasteiger partial charge is 0.375 e. The summed E-state index contributed by atoms with van der Waals surface area (Å²) in [5, 5.41) is 0. The smallest absolute Gasteiger partial charge is 0.270 e. The van der Waals surface area contributed by atoms with Crippen LogP contribution in [0.3, 0.4) is 0 Å². The summed E-state index contributed by atoms with van der Waals surface area (Å²) in [5.74, 6) is 0.0378. The SMILES string of the molecule is CC1CN(C(=O)c2cc(Br)c[nH]2)CCO1. The van der Waals surface area contributed by atoms with E-state index in [9.17, 15) is 4.79 Å². The van der Waals surface area contributed by atoms with E-state index >= 15 is 0 Å². The van der Waals surface area contributed by atoms with Crippen LogP contribution in [-0.4, -0.2) is 41.6 Å². The molecule has 1 saturated heterocycles. The Balaban J connectivity index is 2.07. The van der Waals surface area contributed by atoms with Crippen molar-refractivity contribution in [3.8, 4) is 0 Å². The molecule has 0 aromatic carbocycles. The van der Waals surface area contributed by atoms with E-state index < -0.39 is 0 Å². The Morgan fingerprint density at radius 3 is 3.13 bits per heavy atom. The summed E-state index contributed by atoms with van der Waals surface area (Å²) in [4.78, 5) is 16.7. The van der Waals surface area contributed by atoms with Gasteiger partial charge in [-0.15, -0.1) is 0 Å². The molecule has 2 rings (SSSR count). The summed E-state index contributed by atoms with van der Waals surface area (Å²) in [6, 6.07) is 1.79. The van der Waals surface area contributed by atoms with Crippen LogP contribution in [0.1, 0.15) is 17.4 Å². The molecule has 1 unspecified atom stereocenters. The molecule has 0 radical (unpaired) electrons. The van der Waals surface area contributed by atoms with Gasteiger partial charge in [0.25, 0.3) is 5.91 Å². The van der Waals surface area contributed by atoms with Gasteiger partial charge in [-0.2, -0.15) is 0 Å². The fourth-order valence-corrected chi connectivity index (χ4v) is 2.01. The van der Waals surface area contributed by atoms with Crippen LogP contribution in [0.2, 0.25) is 0 Å². The Bertz CT molecular complexity index is 364. The van der Waals surface area contributed by atoms with Crippen LogP contribution in [0.4, 0.5) is 0 Å². The molecular weight excluding hydrogens is 260 g/mol. The van der Waals surface area contributed by atoms with E-state index in [4.69, 9.17) is 4.74 Å². The first-order valence-corrected chi connectivity index (χ1v) is 5.71. The molecule has 1 aromatic heterocycles. The van der Waals surface area contributed by atoms with Gasteiger partial charge in [-0.3, -0.25) is 4.79 Å². The first-order chi connectivity index (χ1) is 7.16. The summed E-state index contributed by atoms with van der Waals surface area (Å²) in [5.41, 5.74) is 0.621. The normalized spacial score (nSPS) is 21.7. The highest BCUT2D eigenvalue weighted by atomic mass is 79.9. The number of H-pyrrole nitrogens is 1. The molecule has 1 aliphatic heterocycles. The fraction of sp³-hybridized carbons (Fsp3) is 0.500. The Morgan fingerprint density at radius 1 is 1.73 bits per heavy atom. The lowest BCUT2D eigenvalue weighted by Gasteiger charge is -2.30. The highest BCUT2D eigenvalue weighted by Crippen LogP contribution is 2.14. The van der Waals surface area contributed by atoms with E-state index in [0.29, 0.717) is 25.4 Å². The Labute approximate surface area is 96.7 Å². The Hall–Kier alpha value is -0.810. The Kier molecular flexibility index (Phi) is 3.11.